The summed E-state index contributed by atoms with van der Waals surface area (Å²) in [7, 11) is 0. The molecule has 170 valence electrons. The number of pyridine rings is 1. The van der Waals surface area contributed by atoms with Gasteiger partial charge >= 0.3 is 0 Å². The normalized spacial score (nSPS) is 15.3. The zero-order valence-corrected chi connectivity index (χ0v) is 19.1. The first kappa shape index (κ1) is 23.7. The number of benzene rings is 1. The van der Waals surface area contributed by atoms with Gasteiger partial charge in [0, 0.05) is 47.7 Å². The second kappa shape index (κ2) is 11.1. The first-order chi connectivity index (χ1) is 15.3. The number of likely N-dealkylation sites (tertiary alicyclic amines) is 1. The highest BCUT2D eigenvalue weighted by atomic mass is 35.5. The highest BCUT2D eigenvalue weighted by molar-refractivity contribution is 6.30. The average molecular weight is 457 g/mol. The number of piperidine rings is 1. The van der Waals surface area contributed by atoms with Crippen LogP contribution in [0.5, 0.6) is 0 Å². The molecule has 1 aromatic heterocycles. The van der Waals surface area contributed by atoms with E-state index >= 15 is 0 Å². The number of amides is 3. The van der Waals surface area contributed by atoms with Crippen LogP contribution < -0.4 is 10.6 Å². The lowest BCUT2D eigenvalue weighted by Gasteiger charge is -2.33. The minimum absolute atomic E-state index is 0.0231. The first-order valence-corrected chi connectivity index (χ1v) is 11.3. The molecule has 1 aromatic carbocycles. The van der Waals surface area contributed by atoms with Gasteiger partial charge < -0.3 is 15.5 Å². The number of carbonyl (C=O) groups excluding carboxylic acids is 3. The molecule has 0 aliphatic carbocycles. The highest BCUT2D eigenvalue weighted by Gasteiger charge is 2.28. The van der Waals surface area contributed by atoms with Crippen molar-refractivity contribution in [3.8, 4) is 0 Å². The summed E-state index contributed by atoms with van der Waals surface area (Å²) in [5, 5.41) is 6.47. The Morgan fingerprint density at radius 3 is 2.25 bits per heavy atom. The molecule has 3 rings (SSSR count). The van der Waals surface area contributed by atoms with Crippen LogP contribution in [0.25, 0.3) is 0 Å². The Kier molecular flexibility index (Phi) is 8.22. The van der Waals surface area contributed by atoms with Gasteiger partial charge in [0.15, 0.2) is 0 Å². The lowest BCUT2D eigenvalue weighted by atomic mass is 10.00. The van der Waals surface area contributed by atoms with Crippen LogP contribution in [0, 0.1) is 5.92 Å². The quantitative estimate of drug-likeness (QED) is 0.668. The molecule has 7 nitrogen and oxygen atoms in total. The van der Waals surface area contributed by atoms with E-state index < -0.39 is 6.04 Å². The lowest BCUT2D eigenvalue weighted by Crippen LogP contribution is -2.53. The molecule has 2 N–H and O–H groups in total. The number of carbonyl (C=O) groups is 3. The Hall–Kier alpha value is -2.93. The first-order valence-electron chi connectivity index (χ1n) is 10.9. The standard InChI is InChI=1S/C24H29ClN4O3/c1-16(2)15-21(28-22(30)17-3-5-19(25)6-4-17)23(31)27-20-9-13-29(14-10-20)24(32)18-7-11-26-12-8-18/h3-8,11-12,16,20-21H,9-10,13-15H2,1-2H3,(H,27,31)(H,28,30). The van der Waals surface area contributed by atoms with Crippen LogP contribution in [-0.2, 0) is 4.79 Å². The average Bonchev–Trinajstić information content (AvgIpc) is 2.79. The van der Waals surface area contributed by atoms with Gasteiger partial charge in [-0.2, -0.15) is 0 Å². The van der Waals surface area contributed by atoms with Gasteiger partial charge in [0.1, 0.15) is 6.04 Å². The van der Waals surface area contributed by atoms with Gasteiger partial charge in [0.25, 0.3) is 11.8 Å². The van der Waals surface area contributed by atoms with E-state index in [0.29, 0.717) is 48.5 Å². The third-order valence-corrected chi connectivity index (χ3v) is 5.74. The largest absolute Gasteiger partial charge is 0.351 e. The van der Waals surface area contributed by atoms with Crippen LogP contribution in [0.2, 0.25) is 5.02 Å². The number of nitrogens with zero attached hydrogens (tertiary/aromatic N) is 2. The van der Waals surface area contributed by atoms with Gasteiger partial charge in [-0.15, -0.1) is 0 Å². The lowest BCUT2D eigenvalue weighted by molar-refractivity contribution is -0.124. The molecular weight excluding hydrogens is 428 g/mol. The van der Waals surface area contributed by atoms with Crippen molar-refractivity contribution in [3.63, 3.8) is 0 Å². The van der Waals surface area contributed by atoms with Crippen molar-refractivity contribution in [2.75, 3.05) is 13.1 Å². The van der Waals surface area contributed by atoms with Gasteiger partial charge in [-0.3, -0.25) is 19.4 Å². The molecule has 0 bridgehead atoms. The maximum Gasteiger partial charge on any atom is 0.253 e. The second-order valence-corrected chi connectivity index (χ2v) is 8.91. The van der Waals surface area contributed by atoms with Crippen molar-refractivity contribution in [2.24, 2.45) is 5.92 Å². The number of rotatable bonds is 7. The van der Waals surface area contributed by atoms with Crippen LogP contribution in [-0.4, -0.2) is 52.8 Å². The molecule has 32 heavy (non-hydrogen) atoms. The zero-order chi connectivity index (χ0) is 23.1. The number of halogens is 1. The van der Waals surface area contributed by atoms with E-state index in [4.69, 9.17) is 11.6 Å². The predicted octanol–water partition coefficient (Wildman–Crippen LogP) is 3.30. The topological polar surface area (TPSA) is 91.4 Å². The van der Waals surface area contributed by atoms with Gasteiger partial charge in [-0.05, 0) is 61.6 Å². The van der Waals surface area contributed by atoms with Crippen molar-refractivity contribution in [2.45, 2.75) is 45.2 Å². The fourth-order valence-corrected chi connectivity index (χ4v) is 3.88. The van der Waals surface area contributed by atoms with Gasteiger partial charge in [0.05, 0.1) is 0 Å². The van der Waals surface area contributed by atoms with Crippen LogP contribution in [0.1, 0.15) is 53.8 Å². The fourth-order valence-electron chi connectivity index (χ4n) is 3.75. The molecule has 1 saturated heterocycles. The summed E-state index contributed by atoms with van der Waals surface area (Å²) in [6, 6.07) is 9.31. The number of hydrogen-bond acceptors (Lipinski definition) is 4. The molecule has 1 aliphatic rings. The van der Waals surface area contributed by atoms with Crippen molar-refractivity contribution in [1.29, 1.82) is 0 Å². The van der Waals surface area contributed by atoms with E-state index in [1.165, 1.54) is 0 Å². The molecule has 0 spiro atoms. The maximum atomic E-state index is 13.0. The smallest absolute Gasteiger partial charge is 0.253 e. The summed E-state index contributed by atoms with van der Waals surface area (Å²) in [5.74, 6) is -0.290. The Balaban J connectivity index is 1.55. The van der Waals surface area contributed by atoms with Crippen molar-refractivity contribution in [1.82, 2.24) is 20.5 Å². The van der Waals surface area contributed by atoms with Gasteiger partial charge in [-0.25, -0.2) is 0 Å². The minimum Gasteiger partial charge on any atom is -0.351 e. The minimum atomic E-state index is -0.630. The number of nitrogens with one attached hydrogen (secondary N) is 2. The Morgan fingerprint density at radius 2 is 1.66 bits per heavy atom. The summed E-state index contributed by atoms with van der Waals surface area (Å²) in [4.78, 5) is 43.9. The van der Waals surface area contributed by atoms with E-state index in [2.05, 4.69) is 15.6 Å². The molecule has 0 saturated carbocycles. The van der Waals surface area contributed by atoms with Crippen molar-refractivity contribution < 1.29 is 14.4 Å². The maximum absolute atomic E-state index is 13.0. The monoisotopic (exact) mass is 456 g/mol. The summed E-state index contributed by atoms with van der Waals surface area (Å²) >= 11 is 5.89. The summed E-state index contributed by atoms with van der Waals surface area (Å²) in [6.07, 6.45) is 5.08. The van der Waals surface area contributed by atoms with Gasteiger partial charge in [0.2, 0.25) is 5.91 Å². The zero-order valence-electron chi connectivity index (χ0n) is 18.4. The van der Waals surface area contributed by atoms with E-state index in [1.807, 2.05) is 13.8 Å². The summed E-state index contributed by atoms with van der Waals surface area (Å²) in [5.41, 5.74) is 1.07. The van der Waals surface area contributed by atoms with Crippen LogP contribution in [0.3, 0.4) is 0 Å². The van der Waals surface area contributed by atoms with E-state index in [1.54, 1.807) is 53.7 Å². The molecule has 8 heteroatoms. The van der Waals surface area contributed by atoms with E-state index in [0.717, 1.165) is 0 Å². The van der Waals surface area contributed by atoms with E-state index in [9.17, 15) is 14.4 Å². The molecule has 2 heterocycles. The van der Waals surface area contributed by atoms with Crippen molar-refractivity contribution >= 4 is 29.3 Å². The van der Waals surface area contributed by atoms with E-state index in [-0.39, 0.29) is 29.7 Å². The summed E-state index contributed by atoms with van der Waals surface area (Å²) < 4.78 is 0. The molecule has 0 radical (unpaired) electrons. The second-order valence-electron chi connectivity index (χ2n) is 8.47. The third-order valence-electron chi connectivity index (χ3n) is 5.49. The molecule has 1 aliphatic heterocycles. The number of hydrogen-bond donors (Lipinski definition) is 2. The molecule has 2 aromatic rings. The Bertz CT molecular complexity index is 926. The molecule has 3 amide bonds. The van der Waals surface area contributed by atoms with Crippen LogP contribution in [0.4, 0.5) is 0 Å². The Morgan fingerprint density at radius 1 is 1.03 bits per heavy atom. The molecule has 1 fully saturated rings. The molecular formula is C24H29ClN4O3. The molecule has 1 unspecified atom stereocenters. The van der Waals surface area contributed by atoms with Crippen molar-refractivity contribution in [3.05, 3.63) is 64.9 Å². The SMILES string of the molecule is CC(C)CC(NC(=O)c1ccc(Cl)cc1)C(=O)NC1CCN(C(=O)c2ccncc2)CC1. The highest BCUT2D eigenvalue weighted by Crippen LogP contribution is 2.15. The number of aromatic nitrogens is 1. The van der Waals surface area contributed by atoms with Crippen LogP contribution >= 0.6 is 11.6 Å². The predicted molar refractivity (Wildman–Crippen MR) is 123 cm³/mol. The molecule has 1 atom stereocenters. The van der Waals surface area contributed by atoms with Gasteiger partial charge in [-0.1, -0.05) is 25.4 Å². The summed E-state index contributed by atoms with van der Waals surface area (Å²) in [6.45, 7) is 5.16. The third kappa shape index (κ3) is 6.53. The fraction of sp³-hybridized carbons (Fsp3) is 0.417. The van der Waals surface area contributed by atoms with Crippen LogP contribution in [0.15, 0.2) is 48.8 Å². The Labute approximate surface area is 193 Å².